The molecule has 92 valence electrons. The topological polar surface area (TPSA) is 42.4 Å². The lowest BCUT2D eigenvalue weighted by atomic mass is 10.2. The number of hydrogen-bond acceptors (Lipinski definition) is 4. The van der Waals surface area contributed by atoms with Crippen LogP contribution in [0.1, 0.15) is 17.3 Å². The van der Waals surface area contributed by atoms with Crippen molar-refractivity contribution >= 4 is 11.6 Å². The molecule has 4 nitrogen and oxygen atoms in total. The third-order valence-electron chi connectivity index (χ3n) is 2.39. The standard InChI is InChI=1S/C13H18N2O2/c1-4-7-15(8-9-17-3)13-6-5-12(10-14-13)11(2)16/h4-6,10H,1,7-9H2,2-3H3. The molecule has 0 bridgehead atoms. The van der Waals surface area contributed by atoms with E-state index in [9.17, 15) is 4.79 Å². The van der Waals surface area contributed by atoms with Gasteiger partial charge in [0.05, 0.1) is 6.61 Å². The third-order valence-corrected chi connectivity index (χ3v) is 2.39. The number of ketones is 1. The highest BCUT2D eigenvalue weighted by Gasteiger charge is 2.07. The van der Waals surface area contributed by atoms with Crippen LogP contribution >= 0.6 is 0 Å². The summed E-state index contributed by atoms with van der Waals surface area (Å²) in [6.07, 6.45) is 3.41. The van der Waals surface area contributed by atoms with Gasteiger partial charge in [-0.3, -0.25) is 4.79 Å². The summed E-state index contributed by atoms with van der Waals surface area (Å²) in [7, 11) is 1.67. The maximum atomic E-state index is 11.1. The van der Waals surface area contributed by atoms with E-state index >= 15 is 0 Å². The number of carbonyl (C=O) groups excluding carboxylic acids is 1. The molecule has 0 aromatic carbocycles. The van der Waals surface area contributed by atoms with Crippen LogP contribution in [0.2, 0.25) is 0 Å². The zero-order valence-corrected chi connectivity index (χ0v) is 10.3. The second kappa shape index (κ2) is 6.81. The Hall–Kier alpha value is -1.68. The Morgan fingerprint density at radius 1 is 1.59 bits per heavy atom. The number of nitrogens with zero attached hydrogens (tertiary/aromatic N) is 2. The minimum atomic E-state index is 0.0243. The highest BCUT2D eigenvalue weighted by Crippen LogP contribution is 2.11. The van der Waals surface area contributed by atoms with Crippen LogP contribution in [0.5, 0.6) is 0 Å². The molecule has 0 atom stereocenters. The molecule has 0 saturated carbocycles. The highest BCUT2D eigenvalue weighted by molar-refractivity contribution is 5.93. The smallest absolute Gasteiger partial charge is 0.161 e. The van der Waals surface area contributed by atoms with Crippen LogP contribution in [0.4, 0.5) is 5.82 Å². The van der Waals surface area contributed by atoms with Crippen molar-refractivity contribution in [1.29, 1.82) is 0 Å². The van der Waals surface area contributed by atoms with Crippen molar-refractivity contribution in [3.05, 3.63) is 36.5 Å². The van der Waals surface area contributed by atoms with Gasteiger partial charge in [0.1, 0.15) is 5.82 Å². The van der Waals surface area contributed by atoms with Crippen molar-refractivity contribution < 1.29 is 9.53 Å². The largest absolute Gasteiger partial charge is 0.383 e. The molecule has 0 aliphatic heterocycles. The Balaban J connectivity index is 2.79. The molecule has 0 saturated heterocycles. The fraction of sp³-hybridized carbons (Fsp3) is 0.385. The first-order valence-corrected chi connectivity index (χ1v) is 5.50. The van der Waals surface area contributed by atoms with Crippen molar-refractivity contribution in [3.8, 4) is 0 Å². The number of Topliss-reactive ketones (excluding diaryl/α,β-unsaturated/α-hetero) is 1. The average molecular weight is 234 g/mol. The molecule has 0 aliphatic rings. The average Bonchev–Trinajstić information content (AvgIpc) is 2.34. The van der Waals surface area contributed by atoms with Crippen molar-refractivity contribution in [2.75, 3.05) is 31.7 Å². The van der Waals surface area contributed by atoms with E-state index in [1.165, 1.54) is 6.92 Å². The second-order valence-corrected chi connectivity index (χ2v) is 3.69. The summed E-state index contributed by atoms with van der Waals surface area (Å²) in [4.78, 5) is 17.5. The summed E-state index contributed by atoms with van der Waals surface area (Å²) in [6, 6.07) is 3.63. The number of pyridine rings is 1. The monoisotopic (exact) mass is 234 g/mol. The second-order valence-electron chi connectivity index (χ2n) is 3.69. The van der Waals surface area contributed by atoms with Gasteiger partial charge < -0.3 is 9.64 Å². The van der Waals surface area contributed by atoms with Crippen LogP contribution in [-0.4, -0.2) is 37.6 Å². The molecule has 0 amide bonds. The molecule has 1 aromatic heterocycles. The van der Waals surface area contributed by atoms with E-state index in [0.717, 1.165) is 12.4 Å². The molecule has 0 radical (unpaired) electrons. The fourth-order valence-electron chi connectivity index (χ4n) is 1.44. The molecular weight excluding hydrogens is 216 g/mol. The van der Waals surface area contributed by atoms with Crippen LogP contribution in [-0.2, 0) is 4.74 Å². The molecule has 0 unspecified atom stereocenters. The van der Waals surface area contributed by atoms with Gasteiger partial charge in [0.25, 0.3) is 0 Å². The minimum absolute atomic E-state index is 0.0243. The summed E-state index contributed by atoms with van der Waals surface area (Å²) in [6.45, 7) is 7.32. The van der Waals surface area contributed by atoms with Crippen molar-refractivity contribution in [1.82, 2.24) is 4.98 Å². The lowest BCUT2D eigenvalue weighted by Crippen LogP contribution is -2.28. The number of aromatic nitrogens is 1. The first-order chi connectivity index (χ1) is 8.19. The number of hydrogen-bond donors (Lipinski definition) is 0. The van der Waals surface area contributed by atoms with Crippen LogP contribution in [0.15, 0.2) is 31.0 Å². The van der Waals surface area contributed by atoms with Gasteiger partial charge in [0, 0.05) is 32.0 Å². The lowest BCUT2D eigenvalue weighted by Gasteiger charge is -2.21. The molecule has 0 spiro atoms. The normalized spacial score (nSPS) is 10.0. The molecule has 1 heterocycles. The number of rotatable bonds is 7. The first-order valence-electron chi connectivity index (χ1n) is 5.50. The van der Waals surface area contributed by atoms with E-state index in [4.69, 9.17) is 4.74 Å². The molecule has 0 aliphatic carbocycles. The number of ether oxygens (including phenoxy) is 1. The zero-order valence-electron chi connectivity index (χ0n) is 10.3. The number of anilines is 1. The predicted molar refractivity (Wildman–Crippen MR) is 68.5 cm³/mol. The lowest BCUT2D eigenvalue weighted by molar-refractivity contribution is 0.101. The van der Waals surface area contributed by atoms with Crippen LogP contribution < -0.4 is 4.90 Å². The van der Waals surface area contributed by atoms with Crippen LogP contribution in [0.25, 0.3) is 0 Å². The quantitative estimate of drug-likeness (QED) is 0.534. The molecule has 17 heavy (non-hydrogen) atoms. The number of methoxy groups -OCH3 is 1. The van der Waals surface area contributed by atoms with Gasteiger partial charge in [0.2, 0.25) is 0 Å². The van der Waals surface area contributed by atoms with Gasteiger partial charge in [-0.15, -0.1) is 6.58 Å². The summed E-state index contributed by atoms with van der Waals surface area (Å²) in [5.41, 5.74) is 0.624. The minimum Gasteiger partial charge on any atom is -0.383 e. The molecule has 4 heteroatoms. The van der Waals surface area contributed by atoms with Gasteiger partial charge in [-0.1, -0.05) is 6.08 Å². The number of carbonyl (C=O) groups is 1. The van der Waals surface area contributed by atoms with E-state index in [1.807, 2.05) is 17.0 Å². The van der Waals surface area contributed by atoms with Gasteiger partial charge >= 0.3 is 0 Å². The summed E-state index contributed by atoms with van der Waals surface area (Å²) >= 11 is 0. The Morgan fingerprint density at radius 2 is 2.35 bits per heavy atom. The van der Waals surface area contributed by atoms with Gasteiger partial charge in [-0.05, 0) is 19.1 Å². The first kappa shape index (κ1) is 13.4. The van der Waals surface area contributed by atoms with Crippen LogP contribution in [0, 0.1) is 0 Å². The van der Waals surface area contributed by atoms with E-state index in [1.54, 1.807) is 19.4 Å². The van der Waals surface area contributed by atoms with E-state index < -0.39 is 0 Å². The van der Waals surface area contributed by atoms with Crippen molar-refractivity contribution in [2.24, 2.45) is 0 Å². The summed E-state index contributed by atoms with van der Waals surface area (Å²) < 4.78 is 5.04. The van der Waals surface area contributed by atoms with Crippen molar-refractivity contribution in [2.45, 2.75) is 6.92 Å². The molecule has 1 aromatic rings. The van der Waals surface area contributed by atoms with Gasteiger partial charge in [-0.2, -0.15) is 0 Å². The van der Waals surface area contributed by atoms with Gasteiger partial charge in [-0.25, -0.2) is 4.98 Å². The molecule has 1 rings (SSSR count). The Bertz CT molecular complexity index is 374. The molecule has 0 fully saturated rings. The zero-order chi connectivity index (χ0) is 12.7. The Kier molecular flexibility index (Phi) is 5.36. The summed E-state index contributed by atoms with van der Waals surface area (Å²) in [5, 5.41) is 0. The fourth-order valence-corrected chi connectivity index (χ4v) is 1.44. The van der Waals surface area contributed by atoms with E-state index in [0.29, 0.717) is 18.7 Å². The Morgan fingerprint density at radius 3 is 2.82 bits per heavy atom. The summed E-state index contributed by atoms with van der Waals surface area (Å²) in [5.74, 6) is 0.850. The SMILES string of the molecule is C=CCN(CCOC)c1ccc(C(C)=O)cn1. The Labute approximate surface area is 102 Å². The van der Waals surface area contributed by atoms with E-state index in [2.05, 4.69) is 11.6 Å². The molecule has 0 N–H and O–H groups in total. The maximum absolute atomic E-state index is 11.1. The van der Waals surface area contributed by atoms with Crippen molar-refractivity contribution in [3.63, 3.8) is 0 Å². The highest BCUT2D eigenvalue weighted by atomic mass is 16.5. The molecular formula is C13H18N2O2. The third kappa shape index (κ3) is 4.00. The van der Waals surface area contributed by atoms with E-state index in [-0.39, 0.29) is 5.78 Å². The predicted octanol–water partition coefficient (Wildman–Crippen LogP) is 1.92. The van der Waals surface area contributed by atoms with Crippen LogP contribution in [0.3, 0.4) is 0 Å². The van der Waals surface area contributed by atoms with Gasteiger partial charge in [0.15, 0.2) is 5.78 Å². The maximum Gasteiger partial charge on any atom is 0.161 e.